The monoisotopic (exact) mass is 336 g/mol. The topological polar surface area (TPSA) is 32.7 Å². The molecule has 3 rings (SSSR count). The molecule has 2 aromatic carbocycles. The van der Waals surface area contributed by atoms with Crippen LogP contribution >= 0.6 is 11.8 Å². The average Bonchev–Trinajstić information content (AvgIpc) is 2.83. The van der Waals surface area contributed by atoms with Crippen LogP contribution in [0.3, 0.4) is 0 Å². The lowest BCUT2D eigenvalue weighted by molar-refractivity contribution is -0.113. The first-order valence-corrected chi connectivity index (χ1v) is 8.70. The Morgan fingerprint density at radius 2 is 1.54 bits per heavy atom. The second kappa shape index (κ2) is 6.65. The van der Waals surface area contributed by atoms with Crippen LogP contribution in [0.25, 0.3) is 0 Å². The number of rotatable bonds is 2. The first-order valence-electron chi connectivity index (χ1n) is 7.88. The quantitative estimate of drug-likeness (QED) is 0.689. The van der Waals surface area contributed by atoms with Crippen molar-refractivity contribution in [2.45, 2.75) is 20.8 Å². The summed E-state index contributed by atoms with van der Waals surface area (Å²) in [5.41, 5.74) is 1.61. The zero-order valence-corrected chi connectivity index (χ0v) is 14.9. The van der Waals surface area contributed by atoms with Gasteiger partial charge in [-0.3, -0.25) is 9.69 Å². The van der Waals surface area contributed by atoms with Gasteiger partial charge in [-0.25, -0.2) is 4.99 Å². The zero-order valence-electron chi connectivity index (χ0n) is 14.1. The van der Waals surface area contributed by atoms with E-state index in [0.717, 1.165) is 16.3 Å². The molecule has 1 amide bonds. The smallest absolute Gasteiger partial charge is 0.268 e. The molecule has 0 atom stereocenters. The standard InChI is InChI=1S/C20H20N2OS/c1-20(2,3)14-17-18(23)22(16-12-8-5-9-13-16)19(24-17)21-15-10-6-4-7-11-15/h4-14H,1-3H3/b17-14-,21-19?. The second-order valence-electron chi connectivity index (χ2n) is 6.68. The van der Waals surface area contributed by atoms with Crippen LogP contribution in [-0.2, 0) is 4.79 Å². The molecule has 122 valence electrons. The van der Waals surface area contributed by atoms with Gasteiger partial charge in [-0.15, -0.1) is 0 Å². The molecule has 24 heavy (non-hydrogen) atoms. The van der Waals surface area contributed by atoms with E-state index in [1.165, 1.54) is 11.8 Å². The number of carbonyl (C=O) groups is 1. The number of aliphatic imine (C=N–C) groups is 1. The third-order valence-electron chi connectivity index (χ3n) is 3.37. The Balaban J connectivity index is 2.06. The van der Waals surface area contributed by atoms with E-state index in [1.54, 1.807) is 4.90 Å². The molecule has 0 aliphatic carbocycles. The molecule has 0 bridgehead atoms. The number of carbonyl (C=O) groups excluding carboxylic acids is 1. The lowest BCUT2D eigenvalue weighted by atomic mass is 9.96. The number of thioether (sulfide) groups is 1. The predicted octanol–water partition coefficient (Wildman–Crippen LogP) is 5.38. The Morgan fingerprint density at radius 1 is 0.958 bits per heavy atom. The zero-order chi connectivity index (χ0) is 17.2. The highest BCUT2D eigenvalue weighted by molar-refractivity contribution is 8.19. The van der Waals surface area contributed by atoms with E-state index in [4.69, 9.17) is 4.99 Å². The van der Waals surface area contributed by atoms with Gasteiger partial charge in [0.05, 0.1) is 16.3 Å². The number of hydrogen-bond acceptors (Lipinski definition) is 3. The number of anilines is 1. The molecule has 0 unspecified atom stereocenters. The van der Waals surface area contributed by atoms with Crippen molar-refractivity contribution >= 4 is 34.2 Å². The van der Waals surface area contributed by atoms with Crippen molar-refractivity contribution in [3.05, 3.63) is 71.6 Å². The molecule has 4 heteroatoms. The van der Waals surface area contributed by atoms with Crippen LogP contribution in [0.1, 0.15) is 20.8 Å². The van der Waals surface area contributed by atoms with Crippen molar-refractivity contribution in [3.63, 3.8) is 0 Å². The van der Waals surface area contributed by atoms with E-state index in [-0.39, 0.29) is 11.3 Å². The predicted molar refractivity (Wildman–Crippen MR) is 103 cm³/mol. The fourth-order valence-electron chi connectivity index (χ4n) is 2.36. The third-order valence-corrected chi connectivity index (χ3v) is 4.33. The summed E-state index contributed by atoms with van der Waals surface area (Å²) in [5, 5.41) is 0.688. The highest BCUT2D eigenvalue weighted by Crippen LogP contribution is 2.38. The van der Waals surface area contributed by atoms with Crippen LogP contribution in [0, 0.1) is 5.41 Å². The van der Waals surface area contributed by atoms with Crippen molar-refractivity contribution in [1.82, 2.24) is 0 Å². The van der Waals surface area contributed by atoms with E-state index in [1.807, 2.05) is 66.7 Å². The summed E-state index contributed by atoms with van der Waals surface area (Å²) in [6.07, 6.45) is 2.02. The van der Waals surface area contributed by atoms with Crippen molar-refractivity contribution in [2.24, 2.45) is 10.4 Å². The van der Waals surface area contributed by atoms with Crippen LogP contribution in [0.5, 0.6) is 0 Å². The fraction of sp³-hybridized carbons (Fsp3) is 0.200. The number of amidine groups is 1. The normalized spacial score (nSPS) is 18.6. The minimum atomic E-state index is -0.0669. The van der Waals surface area contributed by atoms with Gasteiger partial charge in [0.2, 0.25) is 0 Å². The Kier molecular flexibility index (Phi) is 4.58. The first-order chi connectivity index (χ1) is 11.4. The van der Waals surface area contributed by atoms with Gasteiger partial charge in [-0.1, -0.05) is 63.2 Å². The van der Waals surface area contributed by atoms with Crippen molar-refractivity contribution in [2.75, 3.05) is 4.90 Å². The lowest BCUT2D eigenvalue weighted by Crippen LogP contribution is -2.28. The fourth-order valence-corrected chi connectivity index (χ4v) is 3.58. The third kappa shape index (κ3) is 3.77. The summed E-state index contributed by atoms with van der Waals surface area (Å²) in [4.78, 5) is 20.0. The number of para-hydroxylation sites is 2. The minimum Gasteiger partial charge on any atom is -0.268 e. The van der Waals surface area contributed by atoms with Gasteiger partial charge in [-0.2, -0.15) is 0 Å². The van der Waals surface area contributed by atoms with Crippen LogP contribution in [-0.4, -0.2) is 11.1 Å². The molecule has 0 radical (unpaired) electrons. The summed E-state index contributed by atoms with van der Waals surface area (Å²) in [6.45, 7) is 6.27. The summed E-state index contributed by atoms with van der Waals surface area (Å²) in [7, 11) is 0. The molecule has 0 N–H and O–H groups in total. The van der Waals surface area contributed by atoms with Crippen molar-refractivity contribution < 1.29 is 4.79 Å². The van der Waals surface area contributed by atoms with Crippen molar-refractivity contribution in [1.29, 1.82) is 0 Å². The van der Waals surface area contributed by atoms with E-state index in [0.29, 0.717) is 5.17 Å². The molecule has 1 fully saturated rings. The molecule has 3 nitrogen and oxygen atoms in total. The number of nitrogens with zero attached hydrogens (tertiary/aromatic N) is 2. The maximum atomic E-state index is 12.9. The summed E-state index contributed by atoms with van der Waals surface area (Å²) in [5.74, 6) is -0.0178. The maximum absolute atomic E-state index is 12.9. The second-order valence-corrected chi connectivity index (χ2v) is 7.69. The average molecular weight is 336 g/mol. The number of allylic oxidation sites excluding steroid dienone is 1. The molecule has 1 heterocycles. The molecule has 0 aromatic heterocycles. The highest BCUT2D eigenvalue weighted by Gasteiger charge is 2.35. The van der Waals surface area contributed by atoms with Crippen molar-refractivity contribution in [3.8, 4) is 0 Å². The summed E-state index contributed by atoms with van der Waals surface area (Å²) in [6, 6.07) is 19.4. The number of benzene rings is 2. The van der Waals surface area contributed by atoms with E-state index in [9.17, 15) is 4.79 Å². The summed E-state index contributed by atoms with van der Waals surface area (Å²) >= 11 is 1.43. The van der Waals surface area contributed by atoms with Crippen LogP contribution in [0.15, 0.2) is 76.6 Å². The molecular weight excluding hydrogens is 316 g/mol. The molecule has 2 aromatic rings. The van der Waals surface area contributed by atoms with E-state index in [2.05, 4.69) is 20.8 Å². The Hall–Kier alpha value is -2.33. The maximum Gasteiger partial charge on any atom is 0.271 e. The highest BCUT2D eigenvalue weighted by atomic mass is 32.2. The summed E-state index contributed by atoms with van der Waals surface area (Å²) < 4.78 is 0. The molecule has 1 aliphatic heterocycles. The molecule has 0 saturated carbocycles. The van der Waals surface area contributed by atoms with Gasteiger partial charge in [0.25, 0.3) is 5.91 Å². The Morgan fingerprint density at radius 3 is 2.12 bits per heavy atom. The molecular formula is C20H20N2OS. The van der Waals surface area contributed by atoms with Gasteiger partial charge in [0, 0.05) is 0 Å². The number of amides is 1. The van der Waals surface area contributed by atoms with E-state index < -0.39 is 0 Å². The van der Waals surface area contributed by atoms with Gasteiger partial charge in [-0.05, 0) is 41.4 Å². The number of hydrogen-bond donors (Lipinski definition) is 0. The molecule has 1 aliphatic rings. The molecule has 1 saturated heterocycles. The van der Waals surface area contributed by atoms with Gasteiger partial charge < -0.3 is 0 Å². The van der Waals surface area contributed by atoms with Gasteiger partial charge in [0.1, 0.15) is 0 Å². The van der Waals surface area contributed by atoms with Crippen LogP contribution in [0.4, 0.5) is 11.4 Å². The largest absolute Gasteiger partial charge is 0.271 e. The SMILES string of the molecule is CC(C)(C)/C=C1\SC(=Nc2ccccc2)N(c2ccccc2)C1=O. The van der Waals surface area contributed by atoms with Gasteiger partial charge >= 0.3 is 0 Å². The van der Waals surface area contributed by atoms with E-state index >= 15 is 0 Å². The van der Waals surface area contributed by atoms with Crippen LogP contribution in [0.2, 0.25) is 0 Å². The van der Waals surface area contributed by atoms with Crippen LogP contribution < -0.4 is 4.90 Å². The Bertz CT molecular complexity index is 789. The molecule has 0 spiro atoms. The van der Waals surface area contributed by atoms with Gasteiger partial charge in [0.15, 0.2) is 5.17 Å². The first kappa shape index (κ1) is 16.5. The Labute approximate surface area is 147 Å². The minimum absolute atomic E-state index is 0.0178. The lowest BCUT2D eigenvalue weighted by Gasteiger charge is -2.16.